The number of urea groups is 1. The molecule has 3 aromatic heterocycles. The Balaban J connectivity index is 1.38. The number of aryl methyl sites for hydroxylation is 1. The summed E-state index contributed by atoms with van der Waals surface area (Å²) in [6, 6.07) is 12.7. The molecule has 5 rings (SSSR count). The first kappa shape index (κ1) is 20.7. The van der Waals surface area contributed by atoms with Crippen LogP contribution >= 0.6 is 0 Å². The number of carbonyl (C=O) groups excluding carboxylic acids is 1. The highest BCUT2D eigenvalue weighted by Gasteiger charge is 2.32. The van der Waals surface area contributed by atoms with Gasteiger partial charge >= 0.3 is 6.03 Å². The van der Waals surface area contributed by atoms with Gasteiger partial charge in [0.1, 0.15) is 5.75 Å². The molecule has 0 unspecified atom stereocenters. The maximum absolute atomic E-state index is 13.1. The third-order valence-electron chi connectivity index (χ3n) is 5.61. The number of ether oxygens (including phenoxy) is 1. The van der Waals surface area contributed by atoms with Crippen LogP contribution in [0.4, 0.5) is 16.4 Å². The van der Waals surface area contributed by atoms with E-state index in [0.29, 0.717) is 30.1 Å². The standard InChI is InChI=1S/C23H23N7O3/c1-14-19(11-17(12-25-14)16-5-8-21-27-22(24)28-29(21)13-16)26-23(31)30-20(9-10-33-30)15-3-6-18(32-2)7-4-15/h3-8,11-13,20H,9-10H2,1-2H3,(H2,24,28)(H,26,31)/t20-/m0/s1. The lowest BCUT2D eigenvalue weighted by Crippen LogP contribution is -2.33. The topological polar surface area (TPSA) is 120 Å². The van der Waals surface area contributed by atoms with Gasteiger partial charge in [-0.25, -0.2) is 9.31 Å². The molecular formula is C23H23N7O3. The molecule has 168 valence electrons. The van der Waals surface area contributed by atoms with Crippen molar-refractivity contribution in [3.05, 3.63) is 66.1 Å². The van der Waals surface area contributed by atoms with Gasteiger partial charge in [-0.05, 0) is 42.8 Å². The Morgan fingerprint density at radius 2 is 2.03 bits per heavy atom. The molecule has 1 aliphatic rings. The predicted molar refractivity (Wildman–Crippen MR) is 123 cm³/mol. The first-order valence-corrected chi connectivity index (χ1v) is 10.5. The van der Waals surface area contributed by atoms with Crippen LogP contribution in [0.25, 0.3) is 16.8 Å². The van der Waals surface area contributed by atoms with Crippen LogP contribution in [0.5, 0.6) is 5.75 Å². The van der Waals surface area contributed by atoms with Crippen molar-refractivity contribution < 1.29 is 14.4 Å². The van der Waals surface area contributed by atoms with E-state index in [9.17, 15) is 4.79 Å². The van der Waals surface area contributed by atoms with Crippen molar-refractivity contribution in [2.45, 2.75) is 19.4 Å². The van der Waals surface area contributed by atoms with Gasteiger partial charge in [0.25, 0.3) is 0 Å². The van der Waals surface area contributed by atoms with Crippen molar-refractivity contribution in [3.8, 4) is 16.9 Å². The molecule has 0 bridgehead atoms. The van der Waals surface area contributed by atoms with Gasteiger partial charge in [-0.1, -0.05) is 12.1 Å². The van der Waals surface area contributed by atoms with Crippen LogP contribution in [0.3, 0.4) is 0 Å². The number of hydrogen-bond acceptors (Lipinski definition) is 7. The van der Waals surface area contributed by atoms with Gasteiger partial charge in [0, 0.05) is 29.9 Å². The van der Waals surface area contributed by atoms with Crippen LogP contribution in [0.2, 0.25) is 0 Å². The molecule has 10 heteroatoms. The predicted octanol–water partition coefficient (Wildman–Crippen LogP) is 3.60. The summed E-state index contributed by atoms with van der Waals surface area (Å²) in [7, 11) is 1.62. The second-order valence-electron chi connectivity index (χ2n) is 7.71. The summed E-state index contributed by atoms with van der Waals surface area (Å²) < 4.78 is 6.84. The number of aromatic nitrogens is 4. The van der Waals surface area contributed by atoms with E-state index in [1.165, 1.54) is 5.06 Å². The zero-order chi connectivity index (χ0) is 22.9. The monoisotopic (exact) mass is 445 g/mol. The van der Waals surface area contributed by atoms with E-state index in [-0.39, 0.29) is 18.0 Å². The number of pyridine rings is 2. The van der Waals surface area contributed by atoms with Gasteiger partial charge < -0.3 is 15.8 Å². The second kappa shape index (κ2) is 8.40. The molecule has 1 aliphatic heterocycles. The van der Waals surface area contributed by atoms with Crippen LogP contribution in [0.1, 0.15) is 23.7 Å². The molecule has 1 aromatic carbocycles. The molecule has 0 saturated carbocycles. The molecule has 1 atom stereocenters. The Kier molecular flexibility index (Phi) is 5.27. The largest absolute Gasteiger partial charge is 0.497 e. The summed E-state index contributed by atoms with van der Waals surface area (Å²) in [6.07, 6.45) is 4.27. The Hall–Kier alpha value is -4.18. The number of anilines is 2. The molecule has 3 N–H and O–H groups in total. The Bertz CT molecular complexity index is 1320. The lowest BCUT2D eigenvalue weighted by molar-refractivity contribution is -0.0829. The number of rotatable bonds is 4. The molecule has 10 nitrogen and oxygen atoms in total. The lowest BCUT2D eigenvalue weighted by Gasteiger charge is -2.23. The van der Waals surface area contributed by atoms with E-state index < -0.39 is 0 Å². The highest BCUT2D eigenvalue weighted by Crippen LogP contribution is 2.32. The minimum absolute atomic E-state index is 0.187. The van der Waals surface area contributed by atoms with Crippen LogP contribution < -0.4 is 15.8 Å². The fraction of sp³-hybridized carbons (Fsp3) is 0.217. The molecule has 33 heavy (non-hydrogen) atoms. The third-order valence-corrected chi connectivity index (χ3v) is 5.61. The van der Waals surface area contributed by atoms with E-state index in [2.05, 4.69) is 20.4 Å². The quantitative estimate of drug-likeness (QED) is 0.492. The van der Waals surface area contributed by atoms with E-state index in [0.717, 1.165) is 22.4 Å². The third kappa shape index (κ3) is 4.03. The molecule has 1 saturated heterocycles. The number of nitrogen functional groups attached to an aromatic ring is 1. The normalized spacial score (nSPS) is 15.7. The number of hydrogen-bond donors (Lipinski definition) is 2. The van der Waals surface area contributed by atoms with Crippen molar-refractivity contribution >= 4 is 23.3 Å². The van der Waals surface area contributed by atoms with E-state index in [1.54, 1.807) is 17.8 Å². The molecule has 0 spiro atoms. The fourth-order valence-electron chi connectivity index (χ4n) is 3.86. The summed E-state index contributed by atoms with van der Waals surface area (Å²) in [4.78, 5) is 27.3. The smallest absolute Gasteiger partial charge is 0.346 e. The van der Waals surface area contributed by atoms with Crippen molar-refractivity contribution in [3.63, 3.8) is 0 Å². The van der Waals surface area contributed by atoms with Gasteiger partial charge in [-0.15, -0.1) is 5.10 Å². The highest BCUT2D eigenvalue weighted by atomic mass is 16.7. The molecule has 4 heterocycles. The van der Waals surface area contributed by atoms with Crippen molar-refractivity contribution in [2.75, 3.05) is 24.8 Å². The molecule has 0 radical (unpaired) electrons. The second-order valence-corrected chi connectivity index (χ2v) is 7.71. The average molecular weight is 445 g/mol. The van der Waals surface area contributed by atoms with Crippen molar-refractivity contribution in [1.29, 1.82) is 0 Å². The lowest BCUT2D eigenvalue weighted by atomic mass is 10.0. The van der Waals surface area contributed by atoms with Crippen LogP contribution in [-0.4, -0.2) is 44.4 Å². The molecule has 2 amide bonds. The summed E-state index contributed by atoms with van der Waals surface area (Å²) in [5, 5.41) is 8.48. The van der Waals surface area contributed by atoms with Crippen LogP contribution in [0, 0.1) is 6.92 Å². The maximum Gasteiger partial charge on any atom is 0.346 e. The Morgan fingerprint density at radius 1 is 1.21 bits per heavy atom. The number of nitrogens with two attached hydrogens (primary N) is 1. The number of hydroxylamine groups is 2. The van der Waals surface area contributed by atoms with Crippen molar-refractivity contribution in [1.82, 2.24) is 24.6 Å². The minimum atomic E-state index is -0.352. The molecule has 0 aliphatic carbocycles. The molecular weight excluding hydrogens is 422 g/mol. The maximum atomic E-state index is 13.1. The Morgan fingerprint density at radius 3 is 2.82 bits per heavy atom. The number of fused-ring (bicyclic) bond motifs is 1. The number of methoxy groups -OCH3 is 1. The van der Waals surface area contributed by atoms with E-state index in [4.69, 9.17) is 15.3 Å². The summed E-state index contributed by atoms with van der Waals surface area (Å²) in [5.41, 5.74) is 10.3. The SMILES string of the molecule is COc1ccc([C@@H]2CCON2C(=O)Nc2cc(-c3ccc4nc(N)nn4c3)cnc2C)cc1. The van der Waals surface area contributed by atoms with E-state index >= 15 is 0 Å². The fourth-order valence-corrected chi connectivity index (χ4v) is 3.86. The first-order valence-electron chi connectivity index (χ1n) is 10.5. The zero-order valence-electron chi connectivity index (χ0n) is 18.2. The number of benzene rings is 1. The highest BCUT2D eigenvalue weighted by molar-refractivity contribution is 5.90. The minimum Gasteiger partial charge on any atom is -0.497 e. The molecule has 1 fully saturated rings. The van der Waals surface area contributed by atoms with E-state index in [1.807, 2.05) is 55.6 Å². The van der Waals surface area contributed by atoms with Crippen LogP contribution in [-0.2, 0) is 4.84 Å². The van der Waals surface area contributed by atoms with Crippen molar-refractivity contribution in [2.24, 2.45) is 0 Å². The van der Waals surface area contributed by atoms with Gasteiger partial charge in [0.15, 0.2) is 5.65 Å². The number of nitrogens with zero attached hydrogens (tertiary/aromatic N) is 5. The summed E-state index contributed by atoms with van der Waals surface area (Å²) in [6.45, 7) is 2.30. The van der Waals surface area contributed by atoms with Gasteiger partial charge in [0.2, 0.25) is 5.95 Å². The average Bonchev–Trinajstić information content (AvgIpc) is 3.46. The van der Waals surface area contributed by atoms with Gasteiger partial charge in [-0.2, -0.15) is 10.0 Å². The van der Waals surface area contributed by atoms with Gasteiger partial charge in [0.05, 0.1) is 31.1 Å². The summed E-state index contributed by atoms with van der Waals surface area (Å²) >= 11 is 0. The number of carbonyl (C=O) groups is 1. The first-order chi connectivity index (χ1) is 16.0. The van der Waals surface area contributed by atoms with Crippen LogP contribution in [0.15, 0.2) is 54.9 Å². The summed E-state index contributed by atoms with van der Waals surface area (Å²) in [5.74, 6) is 0.970. The zero-order valence-corrected chi connectivity index (χ0v) is 18.2. The van der Waals surface area contributed by atoms with Gasteiger partial charge in [-0.3, -0.25) is 9.82 Å². The number of amides is 2. The Labute approximate surface area is 189 Å². The molecule has 4 aromatic rings. The number of nitrogens with one attached hydrogen (secondary N) is 1.